The van der Waals surface area contributed by atoms with E-state index in [1.165, 1.54) is 18.7 Å². The van der Waals surface area contributed by atoms with Crippen molar-refractivity contribution in [1.29, 1.82) is 0 Å². The van der Waals surface area contributed by atoms with Crippen LogP contribution in [0.15, 0.2) is 52.5 Å². The van der Waals surface area contributed by atoms with Crippen LogP contribution in [0.4, 0.5) is 0 Å². The van der Waals surface area contributed by atoms with Gasteiger partial charge in [0.2, 0.25) is 0 Å². The predicted molar refractivity (Wildman–Crippen MR) is 71.4 cm³/mol. The maximum Gasteiger partial charge on any atom is 0.161 e. The van der Waals surface area contributed by atoms with Gasteiger partial charge in [-0.25, -0.2) is 4.98 Å². The molecule has 2 aromatic rings. The zero-order valence-electron chi connectivity index (χ0n) is 10.2. The van der Waals surface area contributed by atoms with Crippen molar-refractivity contribution in [1.82, 2.24) is 4.98 Å². The van der Waals surface area contributed by atoms with Crippen LogP contribution in [0.3, 0.4) is 0 Å². The lowest BCUT2D eigenvalue weighted by molar-refractivity contribution is 0.101. The molecule has 0 unspecified atom stereocenters. The van der Waals surface area contributed by atoms with Crippen molar-refractivity contribution in [2.45, 2.75) is 16.8 Å². The second-order valence-electron chi connectivity index (χ2n) is 3.69. The minimum Gasteiger partial charge on any atom is -0.496 e. The fourth-order valence-electron chi connectivity index (χ4n) is 1.46. The van der Waals surface area contributed by atoms with Gasteiger partial charge in [0.05, 0.1) is 12.0 Å². The highest BCUT2D eigenvalue weighted by Gasteiger charge is 2.06. The maximum atomic E-state index is 11.1. The Kier molecular flexibility index (Phi) is 3.99. The first-order valence-corrected chi connectivity index (χ1v) is 6.30. The molecule has 3 nitrogen and oxygen atoms in total. The SMILES string of the molecule is COc1ccccc1Sc1ccc(C(C)=O)cn1. The van der Waals surface area contributed by atoms with Gasteiger partial charge >= 0.3 is 0 Å². The van der Waals surface area contributed by atoms with E-state index in [9.17, 15) is 4.79 Å². The fraction of sp³-hybridized carbons (Fsp3) is 0.143. The van der Waals surface area contributed by atoms with E-state index >= 15 is 0 Å². The molecule has 4 heteroatoms. The lowest BCUT2D eigenvalue weighted by Crippen LogP contribution is -1.93. The number of nitrogens with zero attached hydrogens (tertiary/aromatic N) is 1. The number of hydrogen-bond acceptors (Lipinski definition) is 4. The number of hydrogen-bond donors (Lipinski definition) is 0. The summed E-state index contributed by atoms with van der Waals surface area (Å²) in [6.07, 6.45) is 1.60. The third-order valence-corrected chi connectivity index (χ3v) is 3.43. The zero-order valence-corrected chi connectivity index (χ0v) is 11.0. The number of ketones is 1. The van der Waals surface area contributed by atoms with Crippen LogP contribution in [0.2, 0.25) is 0 Å². The Bertz CT molecular complexity index is 552. The van der Waals surface area contributed by atoms with Crippen LogP contribution < -0.4 is 4.74 Å². The quantitative estimate of drug-likeness (QED) is 0.788. The number of ether oxygens (including phenoxy) is 1. The Labute approximate surface area is 110 Å². The van der Waals surface area contributed by atoms with Crippen LogP contribution in [-0.4, -0.2) is 17.9 Å². The van der Waals surface area contributed by atoms with E-state index in [0.29, 0.717) is 5.56 Å². The second kappa shape index (κ2) is 5.69. The fourth-order valence-corrected chi connectivity index (χ4v) is 2.33. The van der Waals surface area contributed by atoms with Crippen LogP contribution in [-0.2, 0) is 0 Å². The summed E-state index contributed by atoms with van der Waals surface area (Å²) >= 11 is 1.51. The van der Waals surface area contributed by atoms with E-state index in [2.05, 4.69) is 4.98 Å². The summed E-state index contributed by atoms with van der Waals surface area (Å²) in [4.78, 5) is 16.4. The van der Waals surface area contributed by atoms with E-state index in [4.69, 9.17) is 4.74 Å². The van der Waals surface area contributed by atoms with Gasteiger partial charge in [0, 0.05) is 11.8 Å². The Morgan fingerprint density at radius 1 is 1.22 bits per heavy atom. The van der Waals surface area contributed by atoms with Gasteiger partial charge in [0.25, 0.3) is 0 Å². The molecule has 1 aromatic carbocycles. The molecule has 0 saturated carbocycles. The predicted octanol–water partition coefficient (Wildman–Crippen LogP) is 3.44. The number of benzene rings is 1. The zero-order chi connectivity index (χ0) is 13.0. The van der Waals surface area contributed by atoms with Crippen LogP contribution in [0, 0.1) is 0 Å². The molecule has 1 aromatic heterocycles. The second-order valence-corrected chi connectivity index (χ2v) is 4.76. The van der Waals surface area contributed by atoms with Crippen molar-refractivity contribution in [3.05, 3.63) is 48.2 Å². The smallest absolute Gasteiger partial charge is 0.161 e. The third-order valence-electron chi connectivity index (χ3n) is 2.43. The Hall–Kier alpha value is -1.81. The van der Waals surface area contributed by atoms with Gasteiger partial charge in [-0.05, 0) is 31.2 Å². The van der Waals surface area contributed by atoms with Crippen molar-refractivity contribution in [3.8, 4) is 5.75 Å². The minimum atomic E-state index is 0.0244. The molecule has 0 fully saturated rings. The lowest BCUT2D eigenvalue weighted by Gasteiger charge is -2.07. The largest absolute Gasteiger partial charge is 0.496 e. The Balaban J connectivity index is 2.21. The summed E-state index contributed by atoms with van der Waals surface area (Å²) in [6, 6.07) is 11.4. The molecule has 0 amide bonds. The first-order valence-electron chi connectivity index (χ1n) is 5.48. The number of carbonyl (C=O) groups excluding carboxylic acids is 1. The summed E-state index contributed by atoms with van der Waals surface area (Å²) in [5.74, 6) is 0.844. The molecule has 0 bridgehead atoms. The number of Topliss-reactive ketones (excluding diaryl/α,β-unsaturated/α-hetero) is 1. The molecule has 0 aliphatic carbocycles. The molecule has 2 rings (SSSR count). The molecule has 0 radical (unpaired) electrons. The van der Waals surface area contributed by atoms with E-state index in [-0.39, 0.29) is 5.78 Å². The van der Waals surface area contributed by atoms with Crippen molar-refractivity contribution in [2.75, 3.05) is 7.11 Å². The molecule has 0 saturated heterocycles. The first kappa shape index (κ1) is 12.6. The molecule has 0 N–H and O–H groups in total. The van der Waals surface area contributed by atoms with E-state index < -0.39 is 0 Å². The summed E-state index contributed by atoms with van der Waals surface area (Å²) in [6.45, 7) is 1.53. The van der Waals surface area contributed by atoms with E-state index in [1.54, 1.807) is 19.4 Å². The normalized spacial score (nSPS) is 10.1. The highest BCUT2D eigenvalue weighted by Crippen LogP contribution is 2.33. The standard InChI is InChI=1S/C14H13NO2S/c1-10(16)11-7-8-14(15-9-11)18-13-6-4-3-5-12(13)17-2/h3-9H,1-2H3. The summed E-state index contributed by atoms with van der Waals surface area (Å²) in [5.41, 5.74) is 0.624. The minimum absolute atomic E-state index is 0.0244. The van der Waals surface area contributed by atoms with Crippen molar-refractivity contribution < 1.29 is 9.53 Å². The Morgan fingerprint density at radius 2 is 2.00 bits per heavy atom. The van der Waals surface area contributed by atoms with Crippen molar-refractivity contribution >= 4 is 17.5 Å². The topological polar surface area (TPSA) is 39.2 Å². The number of aromatic nitrogens is 1. The average molecular weight is 259 g/mol. The van der Waals surface area contributed by atoms with Crippen LogP contribution in [0.25, 0.3) is 0 Å². The summed E-state index contributed by atoms with van der Waals surface area (Å²) in [5, 5.41) is 0.838. The average Bonchev–Trinajstić information content (AvgIpc) is 2.40. The van der Waals surface area contributed by atoms with Gasteiger partial charge in [0.15, 0.2) is 5.78 Å². The molecular weight excluding hydrogens is 246 g/mol. The van der Waals surface area contributed by atoms with Gasteiger partial charge in [-0.1, -0.05) is 23.9 Å². The number of methoxy groups -OCH3 is 1. The van der Waals surface area contributed by atoms with E-state index in [1.807, 2.05) is 30.3 Å². The number of pyridine rings is 1. The third kappa shape index (κ3) is 2.90. The van der Waals surface area contributed by atoms with Crippen LogP contribution in [0.5, 0.6) is 5.75 Å². The molecular formula is C14H13NO2S. The molecule has 18 heavy (non-hydrogen) atoms. The molecule has 0 atom stereocenters. The number of para-hydroxylation sites is 1. The lowest BCUT2D eigenvalue weighted by atomic mass is 10.2. The summed E-state index contributed by atoms with van der Waals surface area (Å²) < 4.78 is 5.28. The maximum absolute atomic E-state index is 11.1. The molecule has 0 aliphatic heterocycles. The monoisotopic (exact) mass is 259 g/mol. The highest BCUT2D eigenvalue weighted by atomic mass is 32.2. The van der Waals surface area contributed by atoms with Crippen LogP contribution >= 0.6 is 11.8 Å². The van der Waals surface area contributed by atoms with Gasteiger partial charge in [0.1, 0.15) is 10.8 Å². The van der Waals surface area contributed by atoms with Gasteiger partial charge in [-0.2, -0.15) is 0 Å². The van der Waals surface area contributed by atoms with E-state index in [0.717, 1.165) is 15.7 Å². The highest BCUT2D eigenvalue weighted by molar-refractivity contribution is 7.99. The molecule has 92 valence electrons. The summed E-state index contributed by atoms with van der Waals surface area (Å²) in [7, 11) is 1.64. The van der Waals surface area contributed by atoms with Crippen molar-refractivity contribution in [3.63, 3.8) is 0 Å². The number of carbonyl (C=O) groups is 1. The van der Waals surface area contributed by atoms with Gasteiger partial charge in [-0.3, -0.25) is 4.79 Å². The molecule has 1 heterocycles. The number of rotatable bonds is 4. The molecule has 0 spiro atoms. The van der Waals surface area contributed by atoms with Crippen molar-refractivity contribution in [2.24, 2.45) is 0 Å². The van der Waals surface area contributed by atoms with Gasteiger partial charge < -0.3 is 4.74 Å². The van der Waals surface area contributed by atoms with Gasteiger partial charge in [-0.15, -0.1) is 0 Å². The molecule has 0 aliphatic rings. The van der Waals surface area contributed by atoms with Crippen LogP contribution in [0.1, 0.15) is 17.3 Å². The Morgan fingerprint density at radius 3 is 2.61 bits per heavy atom. The first-order chi connectivity index (χ1) is 8.70.